The fourth-order valence-corrected chi connectivity index (χ4v) is 2.52. The fraction of sp³-hybridized carbons (Fsp3) is 0.176. The number of hydrogen-bond donors (Lipinski definition) is 0. The summed E-state index contributed by atoms with van der Waals surface area (Å²) in [6.45, 7) is 1.70. The van der Waals surface area contributed by atoms with Crippen LogP contribution in [0.1, 0.15) is 13.0 Å². The molecule has 0 saturated carbocycles. The number of oxazole rings is 1. The average Bonchev–Trinajstić information content (AvgIpc) is 2.89. The lowest BCUT2D eigenvalue weighted by Gasteiger charge is -2.21. The summed E-state index contributed by atoms with van der Waals surface area (Å²) in [5.41, 5.74) is 1.88. The Hall–Kier alpha value is -2.82. The molecule has 0 radical (unpaired) electrons. The number of amides is 1. The van der Waals surface area contributed by atoms with Gasteiger partial charge in [0.25, 0.3) is 0 Å². The lowest BCUT2D eigenvalue weighted by molar-refractivity contribution is -0.121. The van der Waals surface area contributed by atoms with Crippen molar-refractivity contribution < 1.29 is 9.21 Å². The average molecular weight is 296 g/mol. The van der Waals surface area contributed by atoms with Crippen molar-refractivity contribution in [2.75, 3.05) is 11.9 Å². The third kappa shape index (κ3) is 2.30. The van der Waals surface area contributed by atoms with Gasteiger partial charge in [0.2, 0.25) is 5.91 Å². The van der Waals surface area contributed by atoms with Gasteiger partial charge in [0.1, 0.15) is 6.04 Å². The molecule has 0 spiro atoms. The van der Waals surface area contributed by atoms with Gasteiger partial charge in [-0.25, -0.2) is 4.79 Å². The Morgan fingerprint density at radius 2 is 1.73 bits per heavy atom. The molecule has 0 fully saturated rings. The standard InChI is InChI=1S/C17H16N2O3/c1-12(16(20)18(2)13-8-4-3-5-9-13)19-14-10-6-7-11-15(14)22-17(19)21/h3-12H,1-2H3. The first-order valence-electron chi connectivity index (χ1n) is 7.02. The number of benzene rings is 2. The topological polar surface area (TPSA) is 55.5 Å². The van der Waals surface area contributed by atoms with Gasteiger partial charge < -0.3 is 9.32 Å². The summed E-state index contributed by atoms with van der Waals surface area (Å²) in [6, 6.07) is 15.7. The summed E-state index contributed by atoms with van der Waals surface area (Å²) in [6.07, 6.45) is 0. The van der Waals surface area contributed by atoms with Crippen LogP contribution in [0, 0.1) is 0 Å². The molecule has 5 nitrogen and oxygen atoms in total. The van der Waals surface area contributed by atoms with Crippen LogP contribution in [0.3, 0.4) is 0 Å². The Morgan fingerprint density at radius 1 is 1.09 bits per heavy atom. The minimum absolute atomic E-state index is 0.181. The molecule has 2 aromatic carbocycles. The zero-order valence-electron chi connectivity index (χ0n) is 12.4. The number of carbonyl (C=O) groups is 1. The van der Waals surface area contributed by atoms with E-state index in [2.05, 4.69) is 0 Å². The van der Waals surface area contributed by atoms with Gasteiger partial charge in [0, 0.05) is 12.7 Å². The molecule has 0 N–H and O–H groups in total. The maximum atomic E-state index is 12.7. The second-order valence-electron chi connectivity index (χ2n) is 5.11. The molecule has 0 bridgehead atoms. The molecule has 1 amide bonds. The van der Waals surface area contributed by atoms with Crippen molar-refractivity contribution in [3.05, 3.63) is 65.1 Å². The van der Waals surface area contributed by atoms with Gasteiger partial charge >= 0.3 is 5.76 Å². The van der Waals surface area contributed by atoms with Crippen molar-refractivity contribution in [3.8, 4) is 0 Å². The quantitative estimate of drug-likeness (QED) is 0.747. The highest BCUT2D eigenvalue weighted by atomic mass is 16.4. The first kappa shape index (κ1) is 14.1. The van der Waals surface area contributed by atoms with Gasteiger partial charge in [-0.15, -0.1) is 0 Å². The molecule has 1 unspecified atom stereocenters. The summed E-state index contributed by atoms with van der Waals surface area (Å²) >= 11 is 0. The number of carbonyl (C=O) groups excluding carboxylic acids is 1. The molecule has 3 aromatic rings. The van der Waals surface area contributed by atoms with Crippen LogP contribution in [0.2, 0.25) is 0 Å². The molecule has 0 aliphatic rings. The normalized spacial score (nSPS) is 12.3. The fourth-order valence-electron chi connectivity index (χ4n) is 2.52. The van der Waals surface area contributed by atoms with Crippen LogP contribution in [-0.4, -0.2) is 17.5 Å². The number of hydrogen-bond acceptors (Lipinski definition) is 3. The van der Waals surface area contributed by atoms with Gasteiger partial charge in [-0.05, 0) is 31.2 Å². The van der Waals surface area contributed by atoms with E-state index < -0.39 is 11.8 Å². The SMILES string of the molecule is CC(C(=O)N(C)c1ccccc1)n1c(=O)oc2ccccc21. The van der Waals surface area contributed by atoms with Crippen LogP contribution in [0.25, 0.3) is 11.1 Å². The zero-order chi connectivity index (χ0) is 15.7. The van der Waals surface area contributed by atoms with Gasteiger partial charge in [0.15, 0.2) is 5.58 Å². The number of likely N-dealkylation sites (N-methyl/N-ethyl adjacent to an activating group) is 1. The largest absolute Gasteiger partial charge is 0.420 e. The molecule has 0 aliphatic carbocycles. The molecular formula is C17H16N2O3. The van der Waals surface area contributed by atoms with Gasteiger partial charge in [0.05, 0.1) is 5.52 Å². The Bertz CT molecular complexity index is 864. The Kier molecular flexibility index (Phi) is 3.55. The van der Waals surface area contributed by atoms with Crippen molar-refractivity contribution in [1.82, 2.24) is 4.57 Å². The van der Waals surface area contributed by atoms with E-state index in [4.69, 9.17) is 4.42 Å². The Balaban J connectivity index is 1.99. The summed E-state index contributed by atoms with van der Waals surface area (Å²) in [4.78, 5) is 26.3. The number of nitrogens with zero attached hydrogens (tertiary/aromatic N) is 2. The molecule has 0 saturated heterocycles. The first-order chi connectivity index (χ1) is 10.6. The van der Waals surface area contributed by atoms with E-state index in [1.165, 1.54) is 4.57 Å². The number of fused-ring (bicyclic) bond motifs is 1. The van der Waals surface area contributed by atoms with E-state index in [-0.39, 0.29) is 5.91 Å². The molecular weight excluding hydrogens is 280 g/mol. The second-order valence-corrected chi connectivity index (χ2v) is 5.11. The molecule has 1 atom stereocenters. The molecule has 112 valence electrons. The lowest BCUT2D eigenvalue weighted by atomic mass is 10.2. The van der Waals surface area contributed by atoms with E-state index in [1.807, 2.05) is 36.4 Å². The van der Waals surface area contributed by atoms with Crippen molar-refractivity contribution in [3.63, 3.8) is 0 Å². The zero-order valence-corrected chi connectivity index (χ0v) is 12.4. The molecule has 0 aliphatic heterocycles. The second kappa shape index (κ2) is 5.52. The highest BCUT2D eigenvalue weighted by molar-refractivity contribution is 5.96. The summed E-state index contributed by atoms with van der Waals surface area (Å²) in [7, 11) is 1.70. The van der Waals surface area contributed by atoms with Crippen LogP contribution >= 0.6 is 0 Å². The highest BCUT2D eigenvalue weighted by Gasteiger charge is 2.24. The highest BCUT2D eigenvalue weighted by Crippen LogP contribution is 2.20. The molecule has 22 heavy (non-hydrogen) atoms. The molecule has 1 aromatic heterocycles. The number of aromatic nitrogens is 1. The predicted molar refractivity (Wildman–Crippen MR) is 85.0 cm³/mol. The van der Waals surface area contributed by atoms with E-state index in [0.29, 0.717) is 11.1 Å². The maximum Gasteiger partial charge on any atom is 0.420 e. The number of anilines is 1. The molecule has 1 heterocycles. The Morgan fingerprint density at radius 3 is 2.45 bits per heavy atom. The van der Waals surface area contributed by atoms with Crippen LogP contribution in [0.5, 0.6) is 0 Å². The monoisotopic (exact) mass is 296 g/mol. The van der Waals surface area contributed by atoms with Gasteiger partial charge in [-0.2, -0.15) is 0 Å². The number of rotatable bonds is 3. The van der Waals surface area contributed by atoms with Crippen molar-refractivity contribution in [2.45, 2.75) is 13.0 Å². The minimum Gasteiger partial charge on any atom is -0.408 e. The third-order valence-electron chi connectivity index (χ3n) is 3.74. The van der Waals surface area contributed by atoms with Crippen molar-refractivity contribution >= 4 is 22.7 Å². The summed E-state index contributed by atoms with van der Waals surface area (Å²) in [5, 5.41) is 0. The first-order valence-corrected chi connectivity index (χ1v) is 7.02. The van der Waals surface area contributed by atoms with Crippen LogP contribution < -0.4 is 10.7 Å². The van der Waals surface area contributed by atoms with E-state index in [0.717, 1.165) is 5.69 Å². The lowest BCUT2D eigenvalue weighted by Crippen LogP contribution is -2.35. The number of para-hydroxylation sites is 3. The van der Waals surface area contributed by atoms with E-state index in [9.17, 15) is 9.59 Å². The minimum atomic E-state index is -0.652. The Labute approximate surface area is 127 Å². The third-order valence-corrected chi connectivity index (χ3v) is 3.74. The van der Waals surface area contributed by atoms with E-state index >= 15 is 0 Å². The van der Waals surface area contributed by atoms with Crippen molar-refractivity contribution in [1.29, 1.82) is 0 Å². The molecule has 3 rings (SSSR count). The van der Waals surface area contributed by atoms with Crippen LogP contribution in [-0.2, 0) is 4.79 Å². The predicted octanol–water partition coefficient (Wildman–Crippen LogP) is 2.82. The molecule has 5 heteroatoms. The smallest absolute Gasteiger partial charge is 0.408 e. The van der Waals surface area contributed by atoms with Crippen molar-refractivity contribution in [2.24, 2.45) is 0 Å². The van der Waals surface area contributed by atoms with Gasteiger partial charge in [-0.1, -0.05) is 30.3 Å². The van der Waals surface area contributed by atoms with Crippen LogP contribution in [0.15, 0.2) is 63.8 Å². The van der Waals surface area contributed by atoms with Crippen LogP contribution in [0.4, 0.5) is 5.69 Å². The summed E-state index contributed by atoms with van der Waals surface area (Å²) in [5.74, 6) is -0.705. The maximum absolute atomic E-state index is 12.7. The van der Waals surface area contributed by atoms with E-state index in [1.54, 1.807) is 37.1 Å². The van der Waals surface area contributed by atoms with Gasteiger partial charge in [-0.3, -0.25) is 9.36 Å². The summed E-state index contributed by atoms with van der Waals surface area (Å²) < 4.78 is 6.58.